The third-order valence-corrected chi connectivity index (χ3v) is 3.44. The van der Waals surface area contributed by atoms with Crippen molar-refractivity contribution in [2.24, 2.45) is 0 Å². The van der Waals surface area contributed by atoms with E-state index in [9.17, 15) is 22.8 Å². The summed E-state index contributed by atoms with van der Waals surface area (Å²) < 4.78 is 36.0. The predicted octanol–water partition coefficient (Wildman–Crippen LogP) is 2.62. The molecule has 1 heterocycles. The van der Waals surface area contributed by atoms with E-state index in [4.69, 9.17) is 0 Å². The van der Waals surface area contributed by atoms with Gasteiger partial charge in [0.25, 0.3) is 5.91 Å². The van der Waals surface area contributed by atoms with Crippen LogP contribution in [0.3, 0.4) is 0 Å². The third-order valence-electron chi connectivity index (χ3n) is 2.64. The molecule has 122 valence electrons. The normalized spacial score (nSPS) is 11.1. The number of carbonyl (C=O) groups is 2. The summed E-state index contributed by atoms with van der Waals surface area (Å²) in [7, 11) is 0. The standard InChI is InChI=1S/C14H12F3N3O2S/c15-14(16,17)8-18-11(21)6-10-7-23-13(19-10)20-12(22)9-4-2-1-3-5-9/h1-5,7H,6,8H2,(H,18,21)(H,19,20,22). The summed E-state index contributed by atoms with van der Waals surface area (Å²) in [4.78, 5) is 27.3. The van der Waals surface area contributed by atoms with E-state index in [1.54, 1.807) is 35.6 Å². The number of alkyl halides is 3. The number of carbonyl (C=O) groups excluding carboxylic acids is 2. The van der Waals surface area contributed by atoms with Gasteiger partial charge in [-0.2, -0.15) is 13.2 Å². The number of benzene rings is 1. The molecular formula is C14H12F3N3O2S. The Morgan fingerprint density at radius 3 is 2.52 bits per heavy atom. The molecule has 2 amide bonds. The molecular weight excluding hydrogens is 331 g/mol. The number of rotatable bonds is 5. The van der Waals surface area contributed by atoms with Gasteiger partial charge in [-0.15, -0.1) is 11.3 Å². The SMILES string of the molecule is O=C(Cc1csc(NC(=O)c2ccccc2)n1)NCC(F)(F)F. The van der Waals surface area contributed by atoms with Crippen molar-refractivity contribution in [2.45, 2.75) is 12.6 Å². The Morgan fingerprint density at radius 1 is 1.17 bits per heavy atom. The van der Waals surface area contributed by atoms with Crippen LogP contribution in [-0.2, 0) is 11.2 Å². The molecule has 5 nitrogen and oxygen atoms in total. The number of hydrogen-bond donors (Lipinski definition) is 2. The molecule has 0 saturated carbocycles. The summed E-state index contributed by atoms with van der Waals surface area (Å²) in [6, 6.07) is 8.47. The first-order valence-corrected chi connectivity index (χ1v) is 7.36. The van der Waals surface area contributed by atoms with Gasteiger partial charge in [0, 0.05) is 10.9 Å². The second-order valence-electron chi connectivity index (χ2n) is 4.53. The van der Waals surface area contributed by atoms with E-state index < -0.39 is 18.6 Å². The molecule has 0 unspecified atom stereocenters. The topological polar surface area (TPSA) is 71.1 Å². The molecule has 0 bridgehead atoms. The molecule has 1 aromatic carbocycles. The first-order chi connectivity index (χ1) is 10.8. The number of halogens is 3. The number of amides is 2. The summed E-state index contributed by atoms with van der Waals surface area (Å²) in [6.45, 7) is -1.38. The minimum atomic E-state index is -4.45. The van der Waals surface area contributed by atoms with E-state index >= 15 is 0 Å². The molecule has 0 radical (unpaired) electrons. The molecule has 0 saturated heterocycles. The van der Waals surface area contributed by atoms with E-state index in [0.29, 0.717) is 5.56 Å². The smallest absolute Gasteiger partial charge is 0.347 e. The Balaban J connectivity index is 1.88. The van der Waals surface area contributed by atoms with Gasteiger partial charge in [-0.3, -0.25) is 14.9 Å². The maximum Gasteiger partial charge on any atom is 0.405 e. The van der Waals surface area contributed by atoms with Crippen molar-refractivity contribution in [3.05, 3.63) is 47.0 Å². The zero-order valence-electron chi connectivity index (χ0n) is 11.7. The maximum atomic E-state index is 12.0. The van der Waals surface area contributed by atoms with Gasteiger partial charge in [0.15, 0.2) is 5.13 Å². The molecule has 9 heteroatoms. The van der Waals surface area contributed by atoms with Crippen LogP contribution in [0, 0.1) is 0 Å². The lowest BCUT2D eigenvalue weighted by atomic mass is 10.2. The average molecular weight is 343 g/mol. The van der Waals surface area contributed by atoms with Gasteiger partial charge in [0.2, 0.25) is 5.91 Å². The highest BCUT2D eigenvalue weighted by Gasteiger charge is 2.27. The largest absolute Gasteiger partial charge is 0.405 e. The average Bonchev–Trinajstić information content (AvgIpc) is 2.92. The van der Waals surface area contributed by atoms with Gasteiger partial charge < -0.3 is 5.32 Å². The van der Waals surface area contributed by atoms with Gasteiger partial charge in [0.05, 0.1) is 12.1 Å². The van der Waals surface area contributed by atoms with Crippen molar-refractivity contribution in [2.75, 3.05) is 11.9 Å². The Hall–Kier alpha value is -2.42. The molecule has 2 aromatic rings. The van der Waals surface area contributed by atoms with Crippen molar-refractivity contribution >= 4 is 28.3 Å². The minimum Gasteiger partial charge on any atom is -0.347 e. The van der Waals surface area contributed by atoms with Crippen molar-refractivity contribution in [1.29, 1.82) is 0 Å². The maximum absolute atomic E-state index is 12.0. The monoisotopic (exact) mass is 343 g/mol. The van der Waals surface area contributed by atoms with Crippen LogP contribution in [0.4, 0.5) is 18.3 Å². The van der Waals surface area contributed by atoms with Crippen LogP contribution in [0.2, 0.25) is 0 Å². The zero-order chi connectivity index (χ0) is 16.9. The molecule has 0 spiro atoms. The number of thiazole rings is 1. The Kier molecular flexibility index (Phi) is 5.32. The number of aromatic nitrogens is 1. The second kappa shape index (κ2) is 7.23. The Labute approximate surface area is 133 Å². The number of anilines is 1. The quantitative estimate of drug-likeness (QED) is 0.877. The fourth-order valence-corrected chi connectivity index (χ4v) is 2.34. The molecule has 2 rings (SSSR count). The summed E-state index contributed by atoms with van der Waals surface area (Å²) >= 11 is 1.09. The van der Waals surface area contributed by atoms with E-state index in [-0.39, 0.29) is 23.2 Å². The van der Waals surface area contributed by atoms with Gasteiger partial charge in [-0.05, 0) is 12.1 Å². The van der Waals surface area contributed by atoms with Crippen LogP contribution in [0.1, 0.15) is 16.1 Å². The second-order valence-corrected chi connectivity index (χ2v) is 5.39. The zero-order valence-corrected chi connectivity index (χ0v) is 12.5. The lowest BCUT2D eigenvalue weighted by molar-refractivity contribution is -0.138. The van der Waals surface area contributed by atoms with Gasteiger partial charge in [0.1, 0.15) is 6.54 Å². The molecule has 0 atom stereocenters. The van der Waals surface area contributed by atoms with E-state index in [2.05, 4.69) is 10.3 Å². The lowest BCUT2D eigenvalue weighted by Crippen LogP contribution is -2.34. The number of hydrogen-bond acceptors (Lipinski definition) is 4. The van der Waals surface area contributed by atoms with Crippen molar-refractivity contribution in [1.82, 2.24) is 10.3 Å². The van der Waals surface area contributed by atoms with Crippen molar-refractivity contribution in [3.63, 3.8) is 0 Å². The van der Waals surface area contributed by atoms with Crippen LogP contribution in [-0.4, -0.2) is 29.5 Å². The lowest BCUT2D eigenvalue weighted by Gasteiger charge is -2.07. The van der Waals surface area contributed by atoms with E-state index in [0.717, 1.165) is 11.3 Å². The third kappa shape index (κ3) is 5.70. The van der Waals surface area contributed by atoms with Crippen LogP contribution in [0.25, 0.3) is 0 Å². The Bertz CT molecular complexity index is 686. The molecule has 0 aliphatic carbocycles. The molecule has 2 N–H and O–H groups in total. The highest BCUT2D eigenvalue weighted by molar-refractivity contribution is 7.14. The first kappa shape index (κ1) is 16.9. The van der Waals surface area contributed by atoms with Gasteiger partial charge in [-0.25, -0.2) is 4.98 Å². The summed E-state index contributed by atoms with van der Waals surface area (Å²) in [5, 5.41) is 6.11. The van der Waals surface area contributed by atoms with E-state index in [1.165, 1.54) is 5.38 Å². The van der Waals surface area contributed by atoms with E-state index in [1.807, 2.05) is 0 Å². The van der Waals surface area contributed by atoms with Crippen LogP contribution in [0.15, 0.2) is 35.7 Å². The van der Waals surface area contributed by atoms with Crippen LogP contribution in [0.5, 0.6) is 0 Å². The van der Waals surface area contributed by atoms with Crippen molar-refractivity contribution < 1.29 is 22.8 Å². The van der Waals surface area contributed by atoms with Gasteiger partial charge in [-0.1, -0.05) is 18.2 Å². The summed E-state index contributed by atoms with van der Waals surface area (Å²) in [5.74, 6) is -1.14. The summed E-state index contributed by atoms with van der Waals surface area (Å²) in [6.07, 6.45) is -4.74. The molecule has 0 aliphatic heterocycles. The van der Waals surface area contributed by atoms with Crippen molar-refractivity contribution in [3.8, 4) is 0 Å². The highest BCUT2D eigenvalue weighted by Crippen LogP contribution is 2.17. The summed E-state index contributed by atoms with van der Waals surface area (Å²) in [5.41, 5.74) is 0.741. The molecule has 1 aromatic heterocycles. The molecule has 0 fully saturated rings. The van der Waals surface area contributed by atoms with Gasteiger partial charge >= 0.3 is 6.18 Å². The van der Waals surface area contributed by atoms with Crippen LogP contribution < -0.4 is 10.6 Å². The number of nitrogens with zero attached hydrogens (tertiary/aromatic N) is 1. The first-order valence-electron chi connectivity index (χ1n) is 6.48. The van der Waals surface area contributed by atoms with Crippen LogP contribution >= 0.6 is 11.3 Å². The highest BCUT2D eigenvalue weighted by atomic mass is 32.1. The predicted molar refractivity (Wildman–Crippen MR) is 79.3 cm³/mol. The number of nitrogens with one attached hydrogen (secondary N) is 2. The fraction of sp³-hybridized carbons (Fsp3) is 0.214. The Morgan fingerprint density at radius 2 is 1.87 bits per heavy atom. The fourth-order valence-electron chi connectivity index (χ4n) is 1.63. The molecule has 0 aliphatic rings. The molecule has 23 heavy (non-hydrogen) atoms. The minimum absolute atomic E-state index is 0.275.